The average molecular weight is 299 g/mol. The lowest BCUT2D eigenvalue weighted by molar-refractivity contribution is 0.0976. The smallest absolute Gasteiger partial charge is 0.257 e. The predicted octanol–water partition coefficient (Wildman–Crippen LogP) is 2.93. The maximum Gasteiger partial charge on any atom is 0.257 e. The van der Waals surface area contributed by atoms with E-state index < -0.39 is 0 Å². The Labute approximate surface area is 129 Å². The highest BCUT2D eigenvalue weighted by atomic mass is 32.1. The van der Waals surface area contributed by atoms with Gasteiger partial charge in [-0.3, -0.25) is 21.0 Å². The van der Waals surface area contributed by atoms with Crippen LogP contribution in [0.3, 0.4) is 0 Å². The molecule has 5 heteroatoms. The molecule has 4 nitrogen and oxygen atoms in total. The van der Waals surface area contributed by atoms with E-state index in [1.54, 1.807) is 6.07 Å². The lowest BCUT2D eigenvalue weighted by Gasteiger charge is -2.12. The van der Waals surface area contributed by atoms with E-state index in [2.05, 4.69) is 16.2 Å². The highest BCUT2D eigenvalue weighted by Gasteiger charge is 2.10. The van der Waals surface area contributed by atoms with E-state index in [4.69, 9.17) is 12.2 Å². The van der Waals surface area contributed by atoms with E-state index >= 15 is 0 Å². The van der Waals surface area contributed by atoms with Gasteiger partial charge in [0.15, 0.2) is 5.11 Å². The van der Waals surface area contributed by atoms with Crippen molar-refractivity contribution in [2.75, 3.05) is 5.43 Å². The first-order valence-electron chi connectivity index (χ1n) is 6.56. The number of carbonyl (C=O) groups is 1. The van der Waals surface area contributed by atoms with E-state index in [1.165, 1.54) is 0 Å². The number of anilines is 1. The number of thiocarbonyl (C=S) groups is 1. The van der Waals surface area contributed by atoms with Crippen LogP contribution >= 0.6 is 12.2 Å². The van der Waals surface area contributed by atoms with Gasteiger partial charge in [-0.2, -0.15) is 0 Å². The largest absolute Gasteiger partial charge is 0.299 e. The SMILES string of the molecule is Cc1ccc(C(=O)NC(=S)NNc2ccccc2)c(C)c1. The van der Waals surface area contributed by atoms with Gasteiger partial charge < -0.3 is 0 Å². The zero-order valence-electron chi connectivity index (χ0n) is 11.9. The van der Waals surface area contributed by atoms with E-state index in [0.29, 0.717) is 5.56 Å². The molecule has 0 heterocycles. The molecule has 0 aromatic heterocycles. The summed E-state index contributed by atoms with van der Waals surface area (Å²) in [6.07, 6.45) is 0. The summed E-state index contributed by atoms with van der Waals surface area (Å²) in [5, 5.41) is 2.87. The summed E-state index contributed by atoms with van der Waals surface area (Å²) in [4.78, 5) is 12.1. The minimum atomic E-state index is -0.222. The Balaban J connectivity index is 1.91. The van der Waals surface area contributed by atoms with Gasteiger partial charge in [0.05, 0.1) is 5.69 Å². The van der Waals surface area contributed by atoms with Crippen LogP contribution in [0.4, 0.5) is 5.69 Å². The van der Waals surface area contributed by atoms with Crippen LogP contribution in [0.5, 0.6) is 0 Å². The molecular weight excluding hydrogens is 282 g/mol. The standard InChI is InChI=1S/C16H17N3OS/c1-11-8-9-14(12(2)10-11)15(20)17-16(21)19-18-13-6-4-3-5-7-13/h3-10,18H,1-2H3,(H2,17,19,20,21). The zero-order valence-corrected chi connectivity index (χ0v) is 12.8. The molecule has 2 aromatic rings. The second kappa shape index (κ2) is 6.85. The van der Waals surface area contributed by atoms with Gasteiger partial charge in [0.2, 0.25) is 0 Å². The van der Waals surface area contributed by atoms with Crippen LogP contribution in [-0.2, 0) is 0 Å². The fourth-order valence-corrected chi connectivity index (χ4v) is 2.06. The van der Waals surface area contributed by atoms with Crippen molar-refractivity contribution in [2.24, 2.45) is 0 Å². The molecule has 0 fully saturated rings. The number of carbonyl (C=O) groups excluding carboxylic acids is 1. The van der Waals surface area contributed by atoms with Gasteiger partial charge in [0.1, 0.15) is 0 Å². The topological polar surface area (TPSA) is 53.2 Å². The molecular formula is C16H17N3OS. The lowest BCUT2D eigenvalue weighted by Crippen LogP contribution is -2.42. The second-order valence-electron chi connectivity index (χ2n) is 4.72. The molecule has 1 amide bonds. The summed E-state index contributed by atoms with van der Waals surface area (Å²) >= 11 is 5.09. The summed E-state index contributed by atoms with van der Waals surface area (Å²) in [5.41, 5.74) is 9.22. The van der Waals surface area contributed by atoms with Crippen LogP contribution in [0, 0.1) is 13.8 Å². The Morgan fingerprint density at radius 2 is 1.76 bits per heavy atom. The van der Waals surface area contributed by atoms with Crippen molar-refractivity contribution in [1.82, 2.24) is 10.7 Å². The van der Waals surface area contributed by atoms with Gasteiger partial charge in [-0.05, 0) is 49.8 Å². The normalized spacial score (nSPS) is 9.81. The third kappa shape index (κ3) is 4.29. The van der Waals surface area contributed by atoms with Crippen LogP contribution in [0.1, 0.15) is 21.5 Å². The molecule has 0 atom stereocenters. The second-order valence-corrected chi connectivity index (χ2v) is 5.13. The highest BCUT2D eigenvalue weighted by molar-refractivity contribution is 7.80. The number of aryl methyl sites for hydroxylation is 2. The van der Waals surface area contributed by atoms with Gasteiger partial charge in [0, 0.05) is 5.56 Å². The lowest BCUT2D eigenvalue weighted by atomic mass is 10.1. The highest BCUT2D eigenvalue weighted by Crippen LogP contribution is 2.10. The van der Waals surface area contributed by atoms with E-state index in [0.717, 1.165) is 16.8 Å². The molecule has 0 aliphatic carbocycles. The predicted molar refractivity (Wildman–Crippen MR) is 89.2 cm³/mol. The minimum Gasteiger partial charge on any atom is -0.299 e. The van der Waals surface area contributed by atoms with Gasteiger partial charge in [0.25, 0.3) is 5.91 Å². The molecule has 0 bridgehead atoms. The van der Waals surface area contributed by atoms with Crippen LogP contribution in [0.15, 0.2) is 48.5 Å². The molecule has 3 N–H and O–H groups in total. The van der Waals surface area contributed by atoms with Gasteiger partial charge in [-0.25, -0.2) is 0 Å². The number of para-hydroxylation sites is 1. The first-order valence-corrected chi connectivity index (χ1v) is 6.97. The van der Waals surface area contributed by atoms with Crippen molar-refractivity contribution in [3.8, 4) is 0 Å². The number of hydrogen-bond donors (Lipinski definition) is 3. The molecule has 0 aliphatic heterocycles. The quantitative estimate of drug-likeness (QED) is 0.602. The Hall–Kier alpha value is -2.40. The maximum atomic E-state index is 12.1. The number of rotatable bonds is 3. The van der Waals surface area contributed by atoms with Crippen molar-refractivity contribution in [3.63, 3.8) is 0 Å². The molecule has 0 saturated carbocycles. The summed E-state index contributed by atoms with van der Waals surface area (Å²) in [6, 6.07) is 15.2. The number of benzene rings is 2. The molecule has 0 spiro atoms. The van der Waals surface area contributed by atoms with Crippen LogP contribution in [0.2, 0.25) is 0 Å². The third-order valence-corrected chi connectivity index (χ3v) is 3.15. The Kier molecular flexibility index (Phi) is 4.90. The van der Waals surface area contributed by atoms with Gasteiger partial charge >= 0.3 is 0 Å². The molecule has 2 aromatic carbocycles. The summed E-state index contributed by atoms with van der Waals surface area (Å²) in [5.74, 6) is -0.222. The van der Waals surface area contributed by atoms with Crippen molar-refractivity contribution in [1.29, 1.82) is 0 Å². The molecule has 0 radical (unpaired) electrons. The molecule has 0 unspecified atom stereocenters. The first-order chi connectivity index (χ1) is 10.1. The average Bonchev–Trinajstić information content (AvgIpc) is 2.46. The molecule has 2 rings (SSSR count). The van der Waals surface area contributed by atoms with Crippen molar-refractivity contribution in [3.05, 3.63) is 65.2 Å². The number of nitrogens with one attached hydrogen (secondary N) is 3. The van der Waals surface area contributed by atoms with E-state index in [-0.39, 0.29) is 11.0 Å². The Morgan fingerprint density at radius 1 is 1.05 bits per heavy atom. The van der Waals surface area contributed by atoms with Crippen LogP contribution in [-0.4, -0.2) is 11.0 Å². The zero-order chi connectivity index (χ0) is 15.2. The fraction of sp³-hybridized carbons (Fsp3) is 0.125. The first kappa shape index (κ1) is 15.0. The third-order valence-electron chi connectivity index (χ3n) is 2.95. The molecule has 21 heavy (non-hydrogen) atoms. The summed E-state index contributed by atoms with van der Waals surface area (Å²) in [7, 11) is 0. The minimum absolute atomic E-state index is 0.222. The fourth-order valence-electron chi connectivity index (χ4n) is 1.92. The number of amides is 1. The Morgan fingerprint density at radius 3 is 2.43 bits per heavy atom. The van der Waals surface area contributed by atoms with E-state index in [9.17, 15) is 4.79 Å². The maximum absolute atomic E-state index is 12.1. The monoisotopic (exact) mass is 299 g/mol. The van der Waals surface area contributed by atoms with Crippen LogP contribution < -0.4 is 16.2 Å². The number of hydrazine groups is 1. The van der Waals surface area contributed by atoms with Crippen LogP contribution in [0.25, 0.3) is 0 Å². The van der Waals surface area contributed by atoms with Gasteiger partial charge in [-0.15, -0.1) is 0 Å². The van der Waals surface area contributed by atoms with Crippen molar-refractivity contribution < 1.29 is 4.79 Å². The van der Waals surface area contributed by atoms with E-state index in [1.807, 2.05) is 56.3 Å². The molecule has 0 aliphatic rings. The molecule has 108 valence electrons. The summed E-state index contributed by atoms with van der Waals surface area (Å²) < 4.78 is 0. The number of hydrogen-bond acceptors (Lipinski definition) is 3. The van der Waals surface area contributed by atoms with Crippen molar-refractivity contribution in [2.45, 2.75) is 13.8 Å². The Bertz CT molecular complexity index is 656. The van der Waals surface area contributed by atoms with Crippen molar-refractivity contribution >= 4 is 28.9 Å². The summed E-state index contributed by atoms with van der Waals surface area (Å²) in [6.45, 7) is 3.89. The molecule has 0 saturated heterocycles. The van der Waals surface area contributed by atoms with Gasteiger partial charge in [-0.1, -0.05) is 35.9 Å².